The van der Waals surface area contributed by atoms with Gasteiger partial charge in [0, 0.05) is 17.9 Å². The molecule has 0 saturated carbocycles. The Kier molecular flexibility index (Phi) is 8.93. The maximum absolute atomic E-state index is 14.2. The van der Waals surface area contributed by atoms with E-state index in [9.17, 15) is 13.9 Å². The summed E-state index contributed by atoms with van der Waals surface area (Å²) in [7, 11) is 4.66. The van der Waals surface area contributed by atoms with Crippen LogP contribution in [0.5, 0.6) is 17.2 Å². The number of nitrogens with one attached hydrogen (secondary N) is 2. The van der Waals surface area contributed by atoms with Crippen molar-refractivity contribution >= 4 is 44.4 Å². The molecule has 0 saturated heterocycles. The van der Waals surface area contributed by atoms with Crippen LogP contribution >= 0.6 is 23.1 Å². The Hall–Kier alpha value is -3.42. The number of rotatable bonds is 12. The molecule has 0 radical (unpaired) electrons. The zero-order chi connectivity index (χ0) is 28.2. The number of benzene rings is 2. The number of aliphatic hydroxyl groups excluding tert-OH is 1. The van der Waals surface area contributed by atoms with E-state index in [1.807, 2.05) is 26.0 Å². The summed E-state index contributed by atoms with van der Waals surface area (Å²) in [6.07, 6.45) is 0. The van der Waals surface area contributed by atoms with E-state index in [1.54, 1.807) is 21.3 Å². The van der Waals surface area contributed by atoms with Gasteiger partial charge in [-0.15, -0.1) is 0 Å². The molecule has 0 amide bonds. The first-order valence-corrected chi connectivity index (χ1v) is 13.6. The van der Waals surface area contributed by atoms with E-state index in [0.717, 1.165) is 23.4 Å². The lowest BCUT2D eigenvalue weighted by molar-refractivity contribution is 0.234. The van der Waals surface area contributed by atoms with Crippen molar-refractivity contribution in [1.82, 2.24) is 15.0 Å². The van der Waals surface area contributed by atoms with Crippen LogP contribution in [0.3, 0.4) is 0 Å². The summed E-state index contributed by atoms with van der Waals surface area (Å²) >= 11 is 2.52. The molecule has 0 fully saturated rings. The molecule has 0 unspecified atom stereocenters. The third-order valence-electron chi connectivity index (χ3n) is 5.64. The summed E-state index contributed by atoms with van der Waals surface area (Å²) < 4.78 is 44.7. The van der Waals surface area contributed by atoms with Crippen molar-refractivity contribution in [3.63, 3.8) is 0 Å². The van der Waals surface area contributed by atoms with Gasteiger partial charge in [-0.25, -0.2) is 18.7 Å². The fourth-order valence-corrected chi connectivity index (χ4v) is 5.27. The zero-order valence-electron chi connectivity index (χ0n) is 22.1. The first-order chi connectivity index (χ1) is 18.7. The summed E-state index contributed by atoms with van der Waals surface area (Å²) in [5.74, 6) is 0.408. The number of fused-ring (bicyclic) bond motifs is 1. The van der Waals surface area contributed by atoms with Gasteiger partial charge in [-0.2, -0.15) is 4.98 Å². The average Bonchev–Trinajstić information content (AvgIpc) is 3.35. The van der Waals surface area contributed by atoms with E-state index < -0.39 is 17.2 Å². The van der Waals surface area contributed by atoms with Crippen LogP contribution in [-0.2, 0) is 12.3 Å². The van der Waals surface area contributed by atoms with E-state index in [2.05, 4.69) is 25.6 Å². The van der Waals surface area contributed by atoms with Crippen molar-refractivity contribution in [2.45, 2.75) is 36.8 Å². The standard InChI is InChI=1S/C26H29F2N5O4S2/c1-26(2,13-34)33-23-21-22(31-25(32-23)38-12-15-7-6-8-16(27)19(15)28)30-24(39-21)29-11-14-9-17(35-3)20(37-5)18(10-14)36-4/h6-10,34H,11-13H2,1-5H3,(H2,29,30,31,32,33). The number of thiazole rings is 1. The van der Waals surface area contributed by atoms with Gasteiger partial charge < -0.3 is 30.0 Å². The lowest BCUT2D eigenvalue weighted by atomic mass is 10.1. The predicted molar refractivity (Wildman–Crippen MR) is 149 cm³/mol. The minimum Gasteiger partial charge on any atom is -0.493 e. The molecule has 2 aromatic heterocycles. The number of halogens is 2. The van der Waals surface area contributed by atoms with E-state index in [0.29, 0.717) is 50.2 Å². The second kappa shape index (κ2) is 12.2. The van der Waals surface area contributed by atoms with Gasteiger partial charge in [-0.05, 0) is 37.6 Å². The van der Waals surface area contributed by atoms with Crippen molar-refractivity contribution in [1.29, 1.82) is 0 Å². The molecule has 2 aromatic carbocycles. The van der Waals surface area contributed by atoms with Crippen LogP contribution in [0.1, 0.15) is 25.0 Å². The van der Waals surface area contributed by atoms with E-state index in [4.69, 9.17) is 14.2 Å². The average molecular weight is 578 g/mol. The molecule has 2 heterocycles. The summed E-state index contributed by atoms with van der Waals surface area (Å²) in [6, 6.07) is 7.75. The number of ether oxygens (including phenoxy) is 3. The van der Waals surface area contributed by atoms with Gasteiger partial charge in [-0.1, -0.05) is 35.2 Å². The minimum atomic E-state index is -0.904. The lowest BCUT2D eigenvalue weighted by Gasteiger charge is -2.24. The molecule has 3 N–H and O–H groups in total. The molecular weight excluding hydrogens is 548 g/mol. The number of nitrogens with zero attached hydrogens (tertiary/aromatic N) is 3. The number of aliphatic hydroxyl groups is 1. The summed E-state index contributed by atoms with van der Waals surface area (Å²) in [5, 5.41) is 17.3. The Labute approximate surface area is 232 Å². The lowest BCUT2D eigenvalue weighted by Crippen LogP contribution is -2.35. The maximum Gasteiger partial charge on any atom is 0.203 e. The molecular formula is C26H29F2N5O4S2. The van der Waals surface area contributed by atoms with Crippen LogP contribution in [0.4, 0.5) is 19.7 Å². The molecule has 0 bridgehead atoms. The fraction of sp³-hybridized carbons (Fsp3) is 0.346. The molecule has 4 rings (SSSR count). The number of methoxy groups -OCH3 is 3. The SMILES string of the molecule is COc1cc(CNc2nc3nc(SCc4cccc(F)c4F)nc(NC(C)(C)CO)c3s2)cc(OC)c1OC. The first kappa shape index (κ1) is 28.6. The highest BCUT2D eigenvalue weighted by molar-refractivity contribution is 7.98. The molecule has 0 atom stereocenters. The largest absolute Gasteiger partial charge is 0.493 e. The monoisotopic (exact) mass is 577 g/mol. The smallest absolute Gasteiger partial charge is 0.203 e. The molecule has 0 aliphatic carbocycles. The van der Waals surface area contributed by atoms with Gasteiger partial charge >= 0.3 is 0 Å². The molecule has 4 aromatic rings. The Morgan fingerprint density at radius 1 is 1.03 bits per heavy atom. The number of hydrogen-bond donors (Lipinski definition) is 3. The van der Waals surface area contributed by atoms with Gasteiger partial charge in [0.1, 0.15) is 4.70 Å². The van der Waals surface area contributed by atoms with Gasteiger partial charge in [0.25, 0.3) is 0 Å². The Morgan fingerprint density at radius 3 is 2.38 bits per heavy atom. The van der Waals surface area contributed by atoms with E-state index in [-0.39, 0.29) is 17.9 Å². The minimum absolute atomic E-state index is 0.133. The maximum atomic E-state index is 14.2. The summed E-state index contributed by atoms with van der Waals surface area (Å²) in [5.41, 5.74) is 0.842. The zero-order valence-corrected chi connectivity index (χ0v) is 23.7. The molecule has 0 aliphatic heterocycles. The third-order valence-corrected chi connectivity index (χ3v) is 7.55. The highest BCUT2D eigenvalue weighted by Crippen LogP contribution is 2.39. The highest BCUT2D eigenvalue weighted by atomic mass is 32.2. The third kappa shape index (κ3) is 6.60. The Morgan fingerprint density at radius 2 is 1.74 bits per heavy atom. The summed E-state index contributed by atoms with van der Waals surface area (Å²) in [4.78, 5) is 13.8. The molecule has 9 nitrogen and oxygen atoms in total. The summed E-state index contributed by atoms with van der Waals surface area (Å²) in [6.45, 7) is 3.94. The number of hydrogen-bond acceptors (Lipinski definition) is 11. The number of aromatic nitrogens is 3. The van der Waals surface area contributed by atoms with E-state index in [1.165, 1.54) is 23.5 Å². The van der Waals surface area contributed by atoms with Crippen molar-refractivity contribution in [2.75, 3.05) is 38.6 Å². The topological polar surface area (TPSA) is 111 Å². The van der Waals surface area contributed by atoms with Gasteiger partial charge in [0.05, 0.1) is 33.5 Å². The van der Waals surface area contributed by atoms with Crippen LogP contribution in [-0.4, -0.2) is 53.5 Å². The van der Waals surface area contributed by atoms with Crippen LogP contribution in [0, 0.1) is 11.6 Å². The molecule has 208 valence electrons. The van der Waals surface area contributed by atoms with Gasteiger partial charge in [-0.3, -0.25) is 0 Å². The normalized spacial score (nSPS) is 11.5. The molecule has 0 spiro atoms. The van der Waals surface area contributed by atoms with Crippen molar-refractivity contribution < 1.29 is 28.1 Å². The highest BCUT2D eigenvalue weighted by Gasteiger charge is 2.22. The molecule has 13 heteroatoms. The Balaban J connectivity index is 1.62. The molecule has 0 aliphatic rings. The van der Waals surface area contributed by atoms with Crippen molar-refractivity contribution in [3.8, 4) is 17.2 Å². The van der Waals surface area contributed by atoms with E-state index >= 15 is 0 Å². The van der Waals surface area contributed by atoms with Gasteiger partial charge in [0.15, 0.2) is 44.9 Å². The second-order valence-electron chi connectivity index (χ2n) is 9.08. The molecule has 39 heavy (non-hydrogen) atoms. The predicted octanol–water partition coefficient (Wildman–Crippen LogP) is 5.48. The van der Waals surface area contributed by atoms with Crippen LogP contribution < -0.4 is 24.8 Å². The number of anilines is 2. The Bertz CT molecular complexity index is 1440. The van der Waals surface area contributed by atoms with Crippen LogP contribution in [0.25, 0.3) is 10.3 Å². The van der Waals surface area contributed by atoms with Crippen molar-refractivity contribution in [2.24, 2.45) is 0 Å². The van der Waals surface area contributed by atoms with Gasteiger partial charge in [0.2, 0.25) is 5.75 Å². The first-order valence-electron chi connectivity index (χ1n) is 11.8. The van der Waals surface area contributed by atoms with Crippen molar-refractivity contribution in [3.05, 3.63) is 53.1 Å². The van der Waals surface area contributed by atoms with Crippen LogP contribution in [0.15, 0.2) is 35.5 Å². The second-order valence-corrected chi connectivity index (χ2v) is 11.0. The van der Waals surface area contributed by atoms with Crippen LogP contribution in [0.2, 0.25) is 0 Å². The number of thioether (sulfide) groups is 1. The fourth-order valence-electron chi connectivity index (χ4n) is 3.61. The quantitative estimate of drug-likeness (QED) is 0.148.